The van der Waals surface area contributed by atoms with Gasteiger partial charge in [0.2, 0.25) is 0 Å². The largest absolute Gasteiger partial charge is 0.497 e. The Morgan fingerprint density at radius 1 is 1.33 bits per heavy atom. The summed E-state index contributed by atoms with van der Waals surface area (Å²) in [5, 5.41) is 2.39. The van der Waals surface area contributed by atoms with Crippen LogP contribution >= 0.6 is 0 Å². The van der Waals surface area contributed by atoms with E-state index in [4.69, 9.17) is 9.47 Å². The first-order valence-electron chi connectivity index (χ1n) is 6.09. The van der Waals surface area contributed by atoms with Gasteiger partial charge >= 0.3 is 16.3 Å². The zero-order valence-electron chi connectivity index (χ0n) is 12.3. The topological polar surface area (TPSA) is 81.7 Å². The van der Waals surface area contributed by atoms with Crippen molar-refractivity contribution in [1.82, 2.24) is 0 Å². The molecule has 0 aromatic heterocycles. The van der Waals surface area contributed by atoms with Crippen LogP contribution in [0.4, 0.5) is 14.4 Å². The molecule has 0 bridgehead atoms. The molecular weight excluding hydrogens is 301 g/mol. The molecule has 1 N–H and O–H groups in total. The predicted octanol–water partition coefficient (Wildman–Crippen LogP) is 2.84. The zero-order chi connectivity index (χ0) is 16.3. The van der Waals surface area contributed by atoms with E-state index in [1.807, 2.05) is 0 Å². The summed E-state index contributed by atoms with van der Waals surface area (Å²) in [6.07, 6.45) is -0.770. The SMILES string of the molecule is COc1ccc(CS(=O)(=O)F)c(NC(=O)OC(C)(C)C)c1. The second-order valence-corrected chi connectivity index (χ2v) is 6.70. The van der Waals surface area contributed by atoms with E-state index < -0.39 is 27.7 Å². The smallest absolute Gasteiger partial charge is 0.412 e. The quantitative estimate of drug-likeness (QED) is 0.863. The number of ether oxygens (including phenoxy) is 2. The second kappa shape index (κ2) is 6.30. The minimum absolute atomic E-state index is 0.101. The Kier molecular flexibility index (Phi) is 5.16. The highest BCUT2D eigenvalue weighted by molar-refractivity contribution is 7.85. The molecule has 0 heterocycles. The van der Waals surface area contributed by atoms with Crippen LogP contribution in [0.5, 0.6) is 5.75 Å². The third kappa shape index (κ3) is 6.44. The van der Waals surface area contributed by atoms with Gasteiger partial charge in [0.1, 0.15) is 17.1 Å². The number of anilines is 1. The molecule has 0 atom stereocenters. The normalized spacial score (nSPS) is 11.9. The highest BCUT2D eigenvalue weighted by Gasteiger charge is 2.19. The fourth-order valence-corrected chi connectivity index (χ4v) is 2.15. The van der Waals surface area contributed by atoms with Crippen molar-refractivity contribution in [3.63, 3.8) is 0 Å². The van der Waals surface area contributed by atoms with Crippen LogP contribution in [0, 0.1) is 0 Å². The maximum Gasteiger partial charge on any atom is 0.412 e. The highest BCUT2D eigenvalue weighted by atomic mass is 32.3. The first-order valence-corrected chi connectivity index (χ1v) is 7.65. The molecule has 8 heteroatoms. The van der Waals surface area contributed by atoms with Crippen molar-refractivity contribution >= 4 is 22.0 Å². The van der Waals surface area contributed by atoms with Gasteiger partial charge in [0.05, 0.1) is 12.8 Å². The van der Waals surface area contributed by atoms with E-state index in [-0.39, 0.29) is 11.3 Å². The van der Waals surface area contributed by atoms with Gasteiger partial charge in [-0.3, -0.25) is 5.32 Å². The van der Waals surface area contributed by atoms with E-state index >= 15 is 0 Å². The van der Waals surface area contributed by atoms with Gasteiger partial charge in [-0.2, -0.15) is 8.42 Å². The number of methoxy groups -OCH3 is 1. The highest BCUT2D eigenvalue weighted by Crippen LogP contribution is 2.25. The van der Waals surface area contributed by atoms with E-state index in [0.717, 1.165) is 0 Å². The van der Waals surface area contributed by atoms with E-state index in [9.17, 15) is 17.1 Å². The van der Waals surface area contributed by atoms with Crippen LogP contribution in [-0.4, -0.2) is 27.2 Å². The number of nitrogens with one attached hydrogen (secondary N) is 1. The van der Waals surface area contributed by atoms with Gasteiger partial charge in [0.25, 0.3) is 0 Å². The van der Waals surface area contributed by atoms with Crippen molar-refractivity contribution in [2.45, 2.75) is 32.1 Å². The molecule has 0 saturated carbocycles. The molecule has 0 unspecified atom stereocenters. The molecule has 0 aliphatic heterocycles. The third-order valence-electron chi connectivity index (χ3n) is 2.28. The van der Waals surface area contributed by atoms with E-state index in [2.05, 4.69) is 5.32 Å². The predicted molar refractivity (Wildman–Crippen MR) is 76.6 cm³/mol. The number of hydrogen-bond acceptors (Lipinski definition) is 5. The number of hydrogen-bond donors (Lipinski definition) is 1. The van der Waals surface area contributed by atoms with Crippen molar-refractivity contribution in [2.24, 2.45) is 0 Å². The van der Waals surface area contributed by atoms with Crippen LogP contribution in [0.2, 0.25) is 0 Å². The van der Waals surface area contributed by atoms with Crippen LogP contribution in [0.25, 0.3) is 0 Å². The molecule has 1 aromatic rings. The summed E-state index contributed by atoms with van der Waals surface area (Å²) in [5.74, 6) is -0.455. The van der Waals surface area contributed by atoms with Crippen molar-refractivity contribution < 1.29 is 26.6 Å². The molecule has 0 aliphatic carbocycles. The van der Waals surface area contributed by atoms with Crippen molar-refractivity contribution in [1.29, 1.82) is 0 Å². The summed E-state index contributed by atoms with van der Waals surface area (Å²) in [7, 11) is -3.31. The Morgan fingerprint density at radius 2 is 1.95 bits per heavy atom. The third-order valence-corrected chi connectivity index (χ3v) is 2.94. The zero-order valence-corrected chi connectivity index (χ0v) is 13.1. The Balaban J connectivity index is 3.04. The number of amides is 1. The number of carbonyl (C=O) groups is 1. The van der Waals surface area contributed by atoms with E-state index in [0.29, 0.717) is 5.75 Å². The Hall–Kier alpha value is -1.83. The molecule has 1 aromatic carbocycles. The van der Waals surface area contributed by atoms with Crippen molar-refractivity contribution in [3.8, 4) is 5.75 Å². The first-order chi connectivity index (χ1) is 9.50. The molecule has 21 heavy (non-hydrogen) atoms. The summed E-state index contributed by atoms with van der Waals surface area (Å²) >= 11 is 0. The van der Waals surface area contributed by atoms with Crippen molar-refractivity contribution in [3.05, 3.63) is 23.8 Å². The fourth-order valence-electron chi connectivity index (χ4n) is 1.52. The first kappa shape index (κ1) is 17.2. The van der Waals surface area contributed by atoms with Crippen LogP contribution in [-0.2, 0) is 20.7 Å². The molecule has 0 saturated heterocycles. The fraction of sp³-hybridized carbons (Fsp3) is 0.462. The lowest BCUT2D eigenvalue weighted by atomic mass is 10.2. The van der Waals surface area contributed by atoms with Gasteiger partial charge in [-0.15, -0.1) is 3.89 Å². The van der Waals surface area contributed by atoms with E-state index in [1.54, 1.807) is 20.8 Å². The summed E-state index contributed by atoms with van der Waals surface area (Å²) in [6.45, 7) is 5.06. The van der Waals surface area contributed by atoms with Gasteiger partial charge in [0, 0.05) is 6.07 Å². The van der Waals surface area contributed by atoms with Crippen LogP contribution < -0.4 is 10.1 Å². The van der Waals surface area contributed by atoms with Crippen LogP contribution in [0.3, 0.4) is 0 Å². The van der Waals surface area contributed by atoms with Gasteiger partial charge < -0.3 is 9.47 Å². The van der Waals surface area contributed by atoms with E-state index in [1.165, 1.54) is 25.3 Å². The van der Waals surface area contributed by atoms with Gasteiger partial charge in [-0.25, -0.2) is 4.79 Å². The summed E-state index contributed by atoms with van der Waals surface area (Å²) < 4.78 is 44.5. The minimum atomic E-state index is -4.72. The molecule has 0 aliphatic rings. The average molecular weight is 319 g/mol. The second-order valence-electron chi connectivity index (χ2n) is 5.33. The van der Waals surface area contributed by atoms with Crippen LogP contribution in [0.1, 0.15) is 26.3 Å². The average Bonchev–Trinajstić information content (AvgIpc) is 2.27. The molecule has 0 radical (unpaired) electrons. The summed E-state index contributed by atoms with van der Waals surface area (Å²) in [6, 6.07) is 4.23. The molecule has 0 fully saturated rings. The molecule has 118 valence electrons. The monoisotopic (exact) mass is 319 g/mol. The molecule has 6 nitrogen and oxygen atoms in total. The standard InChI is InChI=1S/C13H18FNO5S/c1-13(2,3)20-12(16)15-11-7-10(19-4)6-5-9(11)8-21(14,17)18/h5-7H,8H2,1-4H3,(H,15,16). The lowest BCUT2D eigenvalue weighted by Crippen LogP contribution is -2.27. The Labute approximate surface area is 123 Å². The van der Waals surface area contributed by atoms with Crippen molar-refractivity contribution in [2.75, 3.05) is 12.4 Å². The molecule has 1 rings (SSSR count). The molecular formula is C13H18FNO5S. The molecule has 1 amide bonds. The number of halogens is 1. The Morgan fingerprint density at radius 3 is 2.43 bits per heavy atom. The summed E-state index contributed by atoms with van der Waals surface area (Å²) in [5.41, 5.74) is -0.496. The molecule has 0 spiro atoms. The van der Waals surface area contributed by atoms with Gasteiger partial charge in [-0.1, -0.05) is 6.07 Å². The Bertz CT molecular complexity index is 622. The maximum absolute atomic E-state index is 12.8. The maximum atomic E-state index is 12.8. The number of carbonyl (C=O) groups excluding carboxylic acids is 1. The van der Waals surface area contributed by atoms with Gasteiger partial charge in [0.15, 0.2) is 0 Å². The van der Waals surface area contributed by atoms with Crippen LogP contribution in [0.15, 0.2) is 18.2 Å². The lowest BCUT2D eigenvalue weighted by Gasteiger charge is -2.20. The summed E-state index contributed by atoms with van der Waals surface area (Å²) in [4.78, 5) is 11.7. The lowest BCUT2D eigenvalue weighted by molar-refractivity contribution is 0.0635. The number of benzene rings is 1. The van der Waals surface area contributed by atoms with Gasteiger partial charge in [-0.05, 0) is 32.4 Å². The minimum Gasteiger partial charge on any atom is -0.497 e. The number of rotatable bonds is 4.